The van der Waals surface area contributed by atoms with Crippen LogP contribution in [0.15, 0.2) is 12.1 Å². The summed E-state index contributed by atoms with van der Waals surface area (Å²) in [5, 5.41) is 9.12. The van der Waals surface area contributed by atoms with Gasteiger partial charge in [0, 0.05) is 12.1 Å². The number of phenolic OH excluding ortho intramolecular Hbond substituents is 1. The molecule has 0 aliphatic carbocycles. The van der Waals surface area contributed by atoms with Crippen LogP contribution in [0.3, 0.4) is 0 Å². The van der Waals surface area contributed by atoms with Gasteiger partial charge in [0.1, 0.15) is 11.6 Å². The third-order valence-electron chi connectivity index (χ3n) is 1.61. The molecule has 0 saturated heterocycles. The lowest BCUT2D eigenvalue weighted by atomic mass is 10.1. The molecule has 0 aromatic heterocycles. The summed E-state index contributed by atoms with van der Waals surface area (Å²) in [5.74, 6) is -0.448. The third kappa shape index (κ3) is 1.49. The molecule has 0 heterocycles. The van der Waals surface area contributed by atoms with E-state index in [9.17, 15) is 4.39 Å². The number of halogens is 1. The minimum absolute atomic E-state index is 0.0366. The Hall–Kier alpha value is -1.09. The Balaban J connectivity index is 3.21. The Labute approximate surface area is 64.5 Å². The second kappa shape index (κ2) is 2.88. The minimum Gasteiger partial charge on any atom is -0.508 e. The zero-order valence-corrected chi connectivity index (χ0v) is 6.26. The molecule has 0 fully saturated rings. The number of hydrogen-bond donors (Lipinski definition) is 2. The van der Waals surface area contributed by atoms with E-state index in [0.717, 1.165) is 0 Å². The molecule has 0 saturated carbocycles. The van der Waals surface area contributed by atoms with Gasteiger partial charge in [-0.1, -0.05) is 0 Å². The van der Waals surface area contributed by atoms with E-state index in [1.807, 2.05) is 0 Å². The van der Waals surface area contributed by atoms with Gasteiger partial charge in [-0.3, -0.25) is 0 Å². The largest absolute Gasteiger partial charge is 0.508 e. The van der Waals surface area contributed by atoms with Gasteiger partial charge in [0.15, 0.2) is 0 Å². The molecule has 0 amide bonds. The highest BCUT2D eigenvalue weighted by Crippen LogP contribution is 2.20. The van der Waals surface area contributed by atoms with Gasteiger partial charge >= 0.3 is 0 Å². The zero-order chi connectivity index (χ0) is 8.43. The molecule has 1 aromatic rings. The number of benzene rings is 1. The van der Waals surface area contributed by atoms with Crippen molar-refractivity contribution in [2.45, 2.75) is 13.5 Å². The molecule has 11 heavy (non-hydrogen) atoms. The summed E-state index contributed by atoms with van der Waals surface area (Å²) >= 11 is 0. The first-order valence-corrected chi connectivity index (χ1v) is 3.33. The molecule has 0 radical (unpaired) electrons. The lowest BCUT2D eigenvalue weighted by Gasteiger charge is -2.02. The van der Waals surface area contributed by atoms with Gasteiger partial charge in [-0.05, 0) is 24.6 Å². The van der Waals surface area contributed by atoms with Gasteiger partial charge < -0.3 is 10.8 Å². The predicted molar refractivity (Wildman–Crippen MR) is 40.7 cm³/mol. The molecular weight excluding hydrogens is 145 g/mol. The van der Waals surface area contributed by atoms with E-state index in [1.165, 1.54) is 19.1 Å². The first-order chi connectivity index (χ1) is 5.15. The van der Waals surface area contributed by atoms with E-state index in [0.29, 0.717) is 5.56 Å². The summed E-state index contributed by atoms with van der Waals surface area (Å²) in [6, 6.07) is 2.80. The highest BCUT2D eigenvalue weighted by molar-refractivity contribution is 5.36. The van der Waals surface area contributed by atoms with Crippen LogP contribution in [0.25, 0.3) is 0 Å². The fourth-order valence-corrected chi connectivity index (χ4v) is 0.837. The van der Waals surface area contributed by atoms with Crippen LogP contribution in [0.4, 0.5) is 4.39 Å². The van der Waals surface area contributed by atoms with Gasteiger partial charge in [0.05, 0.1) is 0 Å². The molecule has 3 N–H and O–H groups in total. The van der Waals surface area contributed by atoms with Crippen LogP contribution in [0.1, 0.15) is 11.1 Å². The van der Waals surface area contributed by atoms with E-state index < -0.39 is 5.82 Å². The number of phenols is 1. The van der Waals surface area contributed by atoms with Gasteiger partial charge in [-0.15, -0.1) is 0 Å². The number of nitrogens with two attached hydrogens (primary N) is 1. The maximum atomic E-state index is 12.8. The molecule has 2 nitrogen and oxygen atoms in total. The first kappa shape index (κ1) is 8.01. The van der Waals surface area contributed by atoms with E-state index >= 15 is 0 Å². The SMILES string of the molecule is Cc1c(O)cc(CN)cc1F. The second-order valence-corrected chi connectivity index (χ2v) is 2.43. The number of hydrogen-bond acceptors (Lipinski definition) is 2. The Morgan fingerprint density at radius 3 is 2.64 bits per heavy atom. The second-order valence-electron chi connectivity index (χ2n) is 2.43. The monoisotopic (exact) mass is 155 g/mol. The van der Waals surface area contributed by atoms with Crippen LogP contribution < -0.4 is 5.73 Å². The van der Waals surface area contributed by atoms with Gasteiger partial charge in [-0.2, -0.15) is 0 Å². The lowest BCUT2D eigenvalue weighted by Crippen LogP contribution is -1.97. The molecular formula is C8H10FNO. The summed E-state index contributed by atoms with van der Waals surface area (Å²) in [7, 11) is 0. The Bertz CT molecular complexity index is 250. The molecule has 60 valence electrons. The highest BCUT2D eigenvalue weighted by atomic mass is 19.1. The smallest absolute Gasteiger partial charge is 0.130 e. The van der Waals surface area contributed by atoms with E-state index in [-0.39, 0.29) is 17.9 Å². The topological polar surface area (TPSA) is 46.2 Å². The summed E-state index contributed by atoms with van der Waals surface area (Å²) in [6.45, 7) is 1.76. The van der Waals surface area contributed by atoms with Crippen LogP contribution in [0, 0.1) is 12.7 Å². The standard InChI is InChI=1S/C8H10FNO/c1-5-7(9)2-6(4-10)3-8(5)11/h2-3,11H,4,10H2,1H3. The third-order valence-corrected chi connectivity index (χ3v) is 1.61. The van der Waals surface area contributed by atoms with Crippen molar-refractivity contribution < 1.29 is 9.50 Å². The highest BCUT2D eigenvalue weighted by Gasteiger charge is 2.03. The maximum absolute atomic E-state index is 12.8. The molecule has 1 rings (SSSR count). The Morgan fingerprint density at radius 2 is 2.18 bits per heavy atom. The molecule has 0 aliphatic rings. The summed E-state index contributed by atoms with van der Waals surface area (Å²) in [6.07, 6.45) is 0. The fraction of sp³-hybridized carbons (Fsp3) is 0.250. The van der Waals surface area contributed by atoms with E-state index in [2.05, 4.69) is 0 Å². The summed E-state index contributed by atoms with van der Waals surface area (Å²) in [4.78, 5) is 0. The van der Waals surface area contributed by atoms with Crippen molar-refractivity contribution in [2.24, 2.45) is 5.73 Å². The number of rotatable bonds is 1. The van der Waals surface area contributed by atoms with Gasteiger partial charge in [-0.25, -0.2) is 4.39 Å². The van der Waals surface area contributed by atoms with Crippen LogP contribution >= 0.6 is 0 Å². The average Bonchev–Trinajstić information content (AvgIpc) is 1.99. The molecule has 0 spiro atoms. The molecule has 3 heteroatoms. The lowest BCUT2D eigenvalue weighted by molar-refractivity contribution is 0.462. The average molecular weight is 155 g/mol. The maximum Gasteiger partial charge on any atom is 0.130 e. The van der Waals surface area contributed by atoms with Crippen molar-refractivity contribution >= 4 is 0 Å². The van der Waals surface area contributed by atoms with Crippen molar-refractivity contribution in [3.05, 3.63) is 29.1 Å². The molecule has 0 aliphatic heterocycles. The van der Waals surface area contributed by atoms with Crippen molar-refractivity contribution in [3.63, 3.8) is 0 Å². The van der Waals surface area contributed by atoms with Crippen molar-refractivity contribution in [1.29, 1.82) is 0 Å². The van der Waals surface area contributed by atoms with Gasteiger partial charge in [0.2, 0.25) is 0 Å². The molecule has 0 atom stereocenters. The summed E-state index contributed by atoms with van der Waals surface area (Å²) < 4.78 is 12.8. The zero-order valence-electron chi connectivity index (χ0n) is 6.26. The first-order valence-electron chi connectivity index (χ1n) is 3.33. The quantitative estimate of drug-likeness (QED) is 0.642. The van der Waals surface area contributed by atoms with Gasteiger partial charge in [0.25, 0.3) is 0 Å². The Kier molecular flexibility index (Phi) is 2.10. The molecule has 0 unspecified atom stereocenters. The molecule has 1 aromatic carbocycles. The van der Waals surface area contributed by atoms with Crippen LogP contribution in [0.2, 0.25) is 0 Å². The molecule has 0 bridgehead atoms. The van der Waals surface area contributed by atoms with Crippen molar-refractivity contribution in [2.75, 3.05) is 0 Å². The fourth-order valence-electron chi connectivity index (χ4n) is 0.837. The van der Waals surface area contributed by atoms with Crippen LogP contribution in [-0.2, 0) is 6.54 Å². The Morgan fingerprint density at radius 1 is 1.55 bits per heavy atom. The van der Waals surface area contributed by atoms with E-state index in [4.69, 9.17) is 10.8 Å². The number of aromatic hydroxyl groups is 1. The van der Waals surface area contributed by atoms with Crippen molar-refractivity contribution in [3.8, 4) is 5.75 Å². The van der Waals surface area contributed by atoms with Crippen LogP contribution in [-0.4, -0.2) is 5.11 Å². The van der Waals surface area contributed by atoms with Crippen molar-refractivity contribution in [1.82, 2.24) is 0 Å². The minimum atomic E-state index is -0.412. The van der Waals surface area contributed by atoms with E-state index in [1.54, 1.807) is 0 Å². The predicted octanol–water partition coefficient (Wildman–Crippen LogP) is 1.30. The van der Waals surface area contributed by atoms with Crippen LogP contribution in [0.5, 0.6) is 5.75 Å². The summed E-state index contributed by atoms with van der Waals surface area (Å²) in [5.41, 5.74) is 6.13. The normalized spacial score (nSPS) is 10.1.